The zero-order chi connectivity index (χ0) is 19.7. The van der Waals surface area contributed by atoms with E-state index in [0.717, 1.165) is 37.0 Å². The number of hydrogen-bond acceptors (Lipinski definition) is 4. The van der Waals surface area contributed by atoms with Crippen LogP contribution < -0.4 is 20.1 Å². The molecule has 4 aliphatic carbocycles. The first-order valence-electron chi connectivity index (χ1n) is 10.3. The number of amides is 2. The van der Waals surface area contributed by atoms with Crippen LogP contribution in [0.4, 0.5) is 5.69 Å². The van der Waals surface area contributed by atoms with E-state index in [9.17, 15) is 9.59 Å². The molecule has 4 bridgehead atoms. The highest BCUT2D eigenvalue weighted by molar-refractivity contribution is 5.93. The summed E-state index contributed by atoms with van der Waals surface area (Å²) in [4.78, 5) is 25.2. The zero-order valence-corrected chi connectivity index (χ0v) is 16.8. The average molecular weight is 386 g/mol. The molecule has 0 atom stereocenters. The summed E-state index contributed by atoms with van der Waals surface area (Å²) in [6.45, 7) is 0.366. The SMILES string of the molecule is COc1ccc(NC(=O)CCNC(=O)C23CC4CC(CC(C4)C2)C3)c(OC)c1. The molecule has 2 amide bonds. The van der Waals surface area contributed by atoms with Gasteiger partial charge >= 0.3 is 0 Å². The second-order valence-corrected chi connectivity index (χ2v) is 8.82. The summed E-state index contributed by atoms with van der Waals surface area (Å²) in [5.74, 6) is 3.45. The van der Waals surface area contributed by atoms with Gasteiger partial charge in [0.25, 0.3) is 0 Å². The van der Waals surface area contributed by atoms with E-state index in [1.165, 1.54) is 19.3 Å². The fourth-order valence-electron chi connectivity index (χ4n) is 5.98. The lowest BCUT2D eigenvalue weighted by atomic mass is 9.49. The normalized spacial score (nSPS) is 30.0. The number of rotatable bonds is 7. The first-order valence-corrected chi connectivity index (χ1v) is 10.3. The van der Waals surface area contributed by atoms with E-state index in [-0.39, 0.29) is 23.7 Å². The Hall–Kier alpha value is -2.24. The summed E-state index contributed by atoms with van der Waals surface area (Å²) in [7, 11) is 3.13. The van der Waals surface area contributed by atoms with E-state index in [0.29, 0.717) is 23.7 Å². The Morgan fingerprint density at radius 1 is 1.04 bits per heavy atom. The van der Waals surface area contributed by atoms with E-state index in [4.69, 9.17) is 9.47 Å². The highest BCUT2D eigenvalue weighted by Gasteiger charge is 2.54. The van der Waals surface area contributed by atoms with Gasteiger partial charge in [-0.3, -0.25) is 9.59 Å². The van der Waals surface area contributed by atoms with Crippen molar-refractivity contribution in [1.82, 2.24) is 5.32 Å². The lowest BCUT2D eigenvalue weighted by molar-refractivity contribution is -0.146. The molecule has 5 rings (SSSR count). The summed E-state index contributed by atoms with van der Waals surface area (Å²) in [6.07, 6.45) is 7.32. The zero-order valence-electron chi connectivity index (χ0n) is 16.8. The topological polar surface area (TPSA) is 76.7 Å². The number of hydrogen-bond donors (Lipinski definition) is 2. The van der Waals surface area contributed by atoms with Crippen molar-refractivity contribution in [1.29, 1.82) is 0 Å². The van der Waals surface area contributed by atoms with E-state index in [1.54, 1.807) is 32.4 Å². The molecule has 0 aromatic heterocycles. The van der Waals surface area contributed by atoms with Crippen molar-refractivity contribution in [3.05, 3.63) is 18.2 Å². The second-order valence-electron chi connectivity index (χ2n) is 8.82. The smallest absolute Gasteiger partial charge is 0.226 e. The maximum absolute atomic E-state index is 12.9. The fraction of sp³-hybridized carbons (Fsp3) is 0.636. The van der Waals surface area contributed by atoms with E-state index in [1.807, 2.05) is 0 Å². The molecule has 6 nitrogen and oxygen atoms in total. The van der Waals surface area contributed by atoms with Crippen LogP contribution >= 0.6 is 0 Å². The van der Waals surface area contributed by atoms with E-state index < -0.39 is 0 Å². The van der Waals surface area contributed by atoms with Crippen LogP contribution in [0, 0.1) is 23.2 Å². The Labute approximate surface area is 166 Å². The van der Waals surface area contributed by atoms with Crippen LogP contribution in [0.1, 0.15) is 44.9 Å². The van der Waals surface area contributed by atoms with Crippen molar-refractivity contribution >= 4 is 17.5 Å². The second kappa shape index (κ2) is 7.64. The number of methoxy groups -OCH3 is 2. The standard InChI is InChI=1S/C22H30N2O4/c1-27-17-3-4-18(19(10-17)28-2)24-20(25)5-6-23-21(26)22-11-14-7-15(12-22)9-16(8-14)13-22/h3-4,10,14-16H,5-9,11-13H2,1-2H3,(H,23,26)(H,24,25). The molecule has 0 heterocycles. The van der Waals surface area contributed by atoms with Crippen LogP contribution in [-0.4, -0.2) is 32.6 Å². The van der Waals surface area contributed by atoms with Gasteiger partial charge in [-0.1, -0.05) is 0 Å². The van der Waals surface area contributed by atoms with Crippen molar-refractivity contribution in [3.8, 4) is 11.5 Å². The quantitative estimate of drug-likeness (QED) is 0.753. The lowest BCUT2D eigenvalue weighted by Crippen LogP contribution is -2.53. The fourth-order valence-corrected chi connectivity index (χ4v) is 5.98. The van der Waals surface area contributed by atoms with Gasteiger partial charge in [-0.25, -0.2) is 0 Å². The van der Waals surface area contributed by atoms with Crippen LogP contribution in [0.3, 0.4) is 0 Å². The molecule has 28 heavy (non-hydrogen) atoms. The number of carbonyl (C=O) groups excluding carboxylic acids is 2. The Morgan fingerprint density at radius 3 is 2.25 bits per heavy atom. The van der Waals surface area contributed by atoms with Gasteiger partial charge in [0.05, 0.1) is 19.9 Å². The Balaban J connectivity index is 1.28. The number of nitrogens with one attached hydrogen (secondary N) is 2. The highest BCUT2D eigenvalue weighted by atomic mass is 16.5. The molecule has 6 heteroatoms. The van der Waals surface area contributed by atoms with Gasteiger partial charge in [-0.2, -0.15) is 0 Å². The number of carbonyl (C=O) groups is 2. The minimum absolute atomic E-state index is 0.144. The monoisotopic (exact) mass is 386 g/mol. The van der Waals surface area contributed by atoms with Gasteiger partial charge in [-0.05, 0) is 68.4 Å². The van der Waals surface area contributed by atoms with Crippen molar-refractivity contribution in [2.24, 2.45) is 23.2 Å². The van der Waals surface area contributed by atoms with Crippen LogP contribution in [0.5, 0.6) is 11.5 Å². The summed E-state index contributed by atoms with van der Waals surface area (Å²) < 4.78 is 10.5. The van der Waals surface area contributed by atoms with Crippen molar-refractivity contribution < 1.29 is 19.1 Å². The van der Waals surface area contributed by atoms with Gasteiger partial charge < -0.3 is 20.1 Å². The van der Waals surface area contributed by atoms with Gasteiger partial charge in [0.15, 0.2) is 0 Å². The molecule has 0 unspecified atom stereocenters. The molecule has 0 saturated heterocycles. The van der Waals surface area contributed by atoms with Crippen molar-refractivity contribution in [3.63, 3.8) is 0 Å². The van der Waals surface area contributed by atoms with Crippen molar-refractivity contribution in [2.75, 3.05) is 26.1 Å². The predicted molar refractivity (Wildman–Crippen MR) is 106 cm³/mol. The maximum Gasteiger partial charge on any atom is 0.226 e. The number of anilines is 1. The third-order valence-corrected chi connectivity index (χ3v) is 6.84. The molecule has 0 aliphatic heterocycles. The predicted octanol–water partition coefficient (Wildman–Crippen LogP) is 3.37. The summed E-state index contributed by atoms with van der Waals surface area (Å²) in [6, 6.07) is 5.25. The molecule has 1 aromatic rings. The first-order chi connectivity index (χ1) is 13.5. The molecule has 0 spiro atoms. The van der Waals surface area contributed by atoms with Crippen LogP contribution in [0.2, 0.25) is 0 Å². The van der Waals surface area contributed by atoms with E-state index >= 15 is 0 Å². The molecule has 152 valence electrons. The summed E-state index contributed by atoms with van der Waals surface area (Å²) in [5.41, 5.74) is 0.436. The Morgan fingerprint density at radius 2 is 1.68 bits per heavy atom. The minimum Gasteiger partial charge on any atom is -0.497 e. The molecule has 2 N–H and O–H groups in total. The minimum atomic E-state index is -0.162. The molecule has 4 fully saturated rings. The molecule has 4 aliphatic rings. The van der Waals surface area contributed by atoms with E-state index in [2.05, 4.69) is 10.6 Å². The van der Waals surface area contributed by atoms with Gasteiger partial charge in [0.1, 0.15) is 11.5 Å². The van der Waals surface area contributed by atoms with Crippen LogP contribution in [0.25, 0.3) is 0 Å². The highest BCUT2D eigenvalue weighted by Crippen LogP contribution is 2.60. The number of ether oxygens (including phenoxy) is 2. The number of benzene rings is 1. The van der Waals surface area contributed by atoms with Crippen LogP contribution in [0.15, 0.2) is 18.2 Å². The van der Waals surface area contributed by atoms with Crippen LogP contribution in [-0.2, 0) is 9.59 Å². The molecular formula is C22H30N2O4. The van der Waals surface area contributed by atoms with Crippen molar-refractivity contribution in [2.45, 2.75) is 44.9 Å². The summed E-state index contributed by atoms with van der Waals surface area (Å²) in [5, 5.41) is 5.90. The first kappa shape index (κ1) is 19.1. The Bertz CT molecular complexity index is 726. The molecule has 4 saturated carbocycles. The average Bonchev–Trinajstić information content (AvgIpc) is 2.67. The maximum atomic E-state index is 12.9. The largest absolute Gasteiger partial charge is 0.497 e. The van der Waals surface area contributed by atoms with Gasteiger partial charge in [0, 0.05) is 24.4 Å². The third kappa shape index (κ3) is 3.69. The van der Waals surface area contributed by atoms with Gasteiger partial charge in [0.2, 0.25) is 11.8 Å². The third-order valence-electron chi connectivity index (χ3n) is 6.84. The molecule has 0 radical (unpaired) electrons. The van der Waals surface area contributed by atoms with Gasteiger partial charge in [-0.15, -0.1) is 0 Å². The molecular weight excluding hydrogens is 356 g/mol. The molecule has 1 aromatic carbocycles. The summed E-state index contributed by atoms with van der Waals surface area (Å²) >= 11 is 0. The lowest BCUT2D eigenvalue weighted by Gasteiger charge is -2.55. The Kier molecular flexibility index (Phi) is 5.21.